The average Bonchev–Trinajstić information content (AvgIpc) is 2.75. The van der Waals surface area contributed by atoms with E-state index in [0.717, 1.165) is 42.8 Å². The number of aromatic nitrogens is 1. The van der Waals surface area contributed by atoms with Crippen molar-refractivity contribution in [3.8, 4) is 11.3 Å². The lowest BCUT2D eigenvalue weighted by Crippen LogP contribution is -2.36. The zero-order valence-electron chi connectivity index (χ0n) is 15.9. The molecule has 0 bridgehead atoms. The van der Waals surface area contributed by atoms with E-state index in [4.69, 9.17) is 5.73 Å². The highest BCUT2D eigenvalue weighted by Gasteiger charge is 2.22. The molecule has 0 radical (unpaired) electrons. The summed E-state index contributed by atoms with van der Waals surface area (Å²) in [6, 6.07) is 23.9. The normalized spacial score (nSPS) is 15.4. The third kappa shape index (κ3) is 4.29. The summed E-state index contributed by atoms with van der Waals surface area (Å²) in [4.78, 5) is 19.1. The number of pyridine rings is 1. The van der Waals surface area contributed by atoms with Gasteiger partial charge in [0.05, 0.1) is 12.2 Å². The molecule has 2 heterocycles. The summed E-state index contributed by atoms with van der Waals surface area (Å²) in [5.74, 6) is 1.29. The first kappa shape index (κ1) is 18.4. The molecule has 1 aliphatic heterocycles. The van der Waals surface area contributed by atoms with Crippen LogP contribution in [0.2, 0.25) is 0 Å². The minimum absolute atomic E-state index is 0.207. The molecule has 0 aliphatic carbocycles. The van der Waals surface area contributed by atoms with Gasteiger partial charge in [-0.15, -0.1) is 0 Å². The van der Waals surface area contributed by atoms with Crippen molar-refractivity contribution in [3.63, 3.8) is 0 Å². The topological polar surface area (TPSA) is 59.2 Å². The van der Waals surface area contributed by atoms with E-state index in [2.05, 4.69) is 34.1 Å². The van der Waals surface area contributed by atoms with E-state index in [1.165, 1.54) is 5.56 Å². The number of anilines is 1. The van der Waals surface area contributed by atoms with Crippen LogP contribution in [0.1, 0.15) is 34.7 Å². The van der Waals surface area contributed by atoms with Crippen molar-refractivity contribution in [2.24, 2.45) is 0 Å². The van der Waals surface area contributed by atoms with Crippen molar-refractivity contribution < 1.29 is 4.79 Å². The standard InChI is InChI=1S/C24H25N3O/c25-24-8-4-7-22(26-24)20-11-9-18(10-12-20)19-13-15-27(16-14-19)17-23(28)21-5-2-1-3-6-21/h1-12,19H,13-17H2,(H2,25,26). The van der Waals surface area contributed by atoms with Crippen molar-refractivity contribution in [3.05, 3.63) is 83.9 Å². The number of rotatable bonds is 5. The number of nitrogens with two attached hydrogens (primary N) is 1. The van der Waals surface area contributed by atoms with E-state index in [0.29, 0.717) is 18.3 Å². The van der Waals surface area contributed by atoms with Gasteiger partial charge in [-0.2, -0.15) is 0 Å². The zero-order valence-corrected chi connectivity index (χ0v) is 15.9. The van der Waals surface area contributed by atoms with Crippen LogP contribution < -0.4 is 5.73 Å². The summed E-state index contributed by atoms with van der Waals surface area (Å²) in [5.41, 5.74) is 9.94. The molecule has 1 aliphatic rings. The van der Waals surface area contributed by atoms with E-state index >= 15 is 0 Å². The number of ketones is 1. The number of carbonyl (C=O) groups is 1. The molecule has 0 unspecified atom stereocenters. The number of benzene rings is 2. The number of piperidine rings is 1. The lowest BCUT2D eigenvalue weighted by molar-refractivity contribution is 0.0909. The zero-order chi connectivity index (χ0) is 19.3. The third-order valence-electron chi connectivity index (χ3n) is 5.50. The number of hydrogen-bond donors (Lipinski definition) is 1. The number of hydrogen-bond acceptors (Lipinski definition) is 4. The van der Waals surface area contributed by atoms with Crippen molar-refractivity contribution >= 4 is 11.6 Å². The Hall–Kier alpha value is -2.98. The van der Waals surface area contributed by atoms with Crippen molar-refractivity contribution in [2.45, 2.75) is 18.8 Å². The Labute approximate surface area is 166 Å². The molecule has 1 aromatic heterocycles. The fraction of sp³-hybridized carbons (Fsp3) is 0.250. The maximum absolute atomic E-state index is 12.4. The van der Waals surface area contributed by atoms with Crippen molar-refractivity contribution in [1.82, 2.24) is 9.88 Å². The van der Waals surface area contributed by atoms with Gasteiger partial charge in [0, 0.05) is 11.1 Å². The lowest BCUT2D eigenvalue weighted by atomic mass is 9.88. The Morgan fingerprint density at radius 2 is 1.64 bits per heavy atom. The lowest BCUT2D eigenvalue weighted by Gasteiger charge is -2.31. The third-order valence-corrected chi connectivity index (χ3v) is 5.50. The van der Waals surface area contributed by atoms with E-state index in [1.807, 2.05) is 42.5 Å². The molecular weight excluding hydrogens is 346 g/mol. The Kier molecular flexibility index (Phi) is 5.49. The van der Waals surface area contributed by atoms with Crippen molar-refractivity contribution in [1.29, 1.82) is 0 Å². The molecular formula is C24H25N3O. The molecule has 142 valence electrons. The summed E-state index contributed by atoms with van der Waals surface area (Å²) in [6.07, 6.45) is 2.16. The highest BCUT2D eigenvalue weighted by Crippen LogP contribution is 2.29. The molecule has 0 atom stereocenters. The van der Waals surface area contributed by atoms with E-state index < -0.39 is 0 Å². The molecule has 1 saturated heterocycles. The first-order valence-corrected chi connectivity index (χ1v) is 9.82. The molecule has 2 aromatic carbocycles. The molecule has 0 spiro atoms. The fourth-order valence-corrected chi connectivity index (χ4v) is 3.88. The van der Waals surface area contributed by atoms with Gasteiger partial charge in [0.1, 0.15) is 5.82 Å². The second-order valence-corrected chi connectivity index (χ2v) is 7.41. The SMILES string of the molecule is Nc1cccc(-c2ccc(C3CCN(CC(=O)c4ccccc4)CC3)cc2)n1. The molecule has 28 heavy (non-hydrogen) atoms. The first-order valence-electron chi connectivity index (χ1n) is 9.82. The van der Waals surface area contributed by atoms with Gasteiger partial charge in [-0.05, 0) is 49.5 Å². The van der Waals surface area contributed by atoms with Crippen LogP contribution in [-0.4, -0.2) is 35.3 Å². The summed E-state index contributed by atoms with van der Waals surface area (Å²) >= 11 is 0. The van der Waals surface area contributed by atoms with Crippen LogP contribution in [0.15, 0.2) is 72.8 Å². The van der Waals surface area contributed by atoms with Gasteiger partial charge in [-0.3, -0.25) is 9.69 Å². The number of carbonyl (C=O) groups excluding carboxylic acids is 1. The van der Waals surface area contributed by atoms with Gasteiger partial charge in [0.25, 0.3) is 0 Å². The molecule has 4 heteroatoms. The Balaban J connectivity index is 1.34. The van der Waals surface area contributed by atoms with Crippen LogP contribution in [0.3, 0.4) is 0 Å². The minimum atomic E-state index is 0.207. The number of likely N-dealkylation sites (tertiary alicyclic amines) is 1. The predicted molar refractivity (Wildman–Crippen MR) is 113 cm³/mol. The summed E-state index contributed by atoms with van der Waals surface area (Å²) < 4.78 is 0. The Bertz CT molecular complexity index is 930. The Morgan fingerprint density at radius 3 is 2.32 bits per heavy atom. The molecule has 3 aromatic rings. The second kappa shape index (κ2) is 8.36. The van der Waals surface area contributed by atoms with Crippen molar-refractivity contribution in [2.75, 3.05) is 25.4 Å². The van der Waals surface area contributed by atoms with Gasteiger partial charge >= 0.3 is 0 Å². The number of nitrogen functional groups attached to an aromatic ring is 1. The summed E-state index contributed by atoms with van der Waals surface area (Å²) in [6.45, 7) is 2.43. The highest BCUT2D eigenvalue weighted by atomic mass is 16.1. The maximum Gasteiger partial charge on any atom is 0.176 e. The first-order chi connectivity index (χ1) is 13.7. The molecule has 4 nitrogen and oxygen atoms in total. The molecule has 2 N–H and O–H groups in total. The number of nitrogens with zero attached hydrogens (tertiary/aromatic N) is 2. The molecule has 0 saturated carbocycles. The maximum atomic E-state index is 12.4. The van der Waals surface area contributed by atoms with Crippen LogP contribution >= 0.6 is 0 Å². The largest absolute Gasteiger partial charge is 0.384 e. The molecule has 0 amide bonds. The minimum Gasteiger partial charge on any atom is -0.384 e. The highest BCUT2D eigenvalue weighted by molar-refractivity contribution is 5.97. The van der Waals surface area contributed by atoms with Crippen LogP contribution in [-0.2, 0) is 0 Å². The van der Waals surface area contributed by atoms with E-state index in [1.54, 1.807) is 6.07 Å². The summed E-state index contributed by atoms with van der Waals surface area (Å²) in [5, 5.41) is 0. The van der Waals surface area contributed by atoms with Crippen LogP contribution in [0, 0.1) is 0 Å². The molecule has 1 fully saturated rings. The van der Waals surface area contributed by atoms with Crippen LogP contribution in [0.5, 0.6) is 0 Å². The van der Waals surface area contributed by atoms with Crippen LogP contribution in [0.25, 0.3) is 11.3 Å². The van der Waals surface area contributed by atoms with Gasteiger partial charge in [-0.25, -0.2) is 4.98 Å². The van der Waals surface area contributed by atoms with E-state index in [-0.39, 0.29) is 5.78 Å². The van der Waals surface area contributed by atoms with Gasteiger partial charge in [0.2, 0.25) is 0 Å². The predicted octanol–water partition coefficient (Wildman–Crippen LogP) is 4.39. The second-order valence-electron chi connectivity index (χ2n) is 7.41. The van der Waals surface area contributed by atoms with Crippen LogP contribution in [0.4, 0.5) is 5.82 Å². The van der Waals surface area contributed by atoms with Gasteiger partial charge in [0.15, 0.2) is 5.78 Å². The van der Waals surface area contributed by atoms with Gasteiger partial charge in [-0.1, -0.05) is 60.7 Å². The Morgan fingerprint density at radius 1 is 0.929 bits per heavy atom. The van der Waals surface area contributed by atoms with E-state index in [9.17, 15) is 4.79 Å². The average molecular weight is 371 g/mol. The quantitative estimate of drug-likeness (QED) is 0.676. The fourth-order valence-electron chi connectivity index (χ4n) is 3.88. The monoisotopic (exact) mass is 371 g/mol. The summed E-state index contributed by atoms with van der Waals surface area (Å²) in [7, 11) is 0. The smallest absolute Gasteiger partial charge is 0.176 e. The molecule has 4 rings (SSSR count). The van der Waals surface area contributed by atoms with Gasteiger partial charge < -0.3 is 5.73 Å². The number of Topliss-reactive ketones (excluding diaryl/α,β-unsaturated/α-hetero) is 1.